The van der Waals surface area contributed by atoms with Gasteiger partial charge in [-0.05, 0) is 6.54 Å². The van der Waals surface area contributed by atoms with Gasteiger partial charge in [-0.2, -0.15) is 0 Å². The van der Waals surface area contributed by atoms with Crippen LogP contribution in [0.3, 0.4) is 0 Å². The van der Waals surface area contributed by atoms with Gasteiger partial charge in [0.2, 0.25) is 5.91 Å². The molecule has 2 unspecified atom stereocenters. The Hall–Kier alpha value is -2.07. The largest absolute Gasteiger partial charge is 0.468 e. The topological polar surface area (TPSA) is 93.7 Å². The highest BCUT2D eigenvalue weighted by Crippen LogP contribution is 1.97. The number of likely N-dealkylation sites (N-methyl/N-ethyl adjacent to an activating group) is 1. The molecule has 0 heterocycles. The molecule has 0 aromatic heterocycles. The Bertz CT molecular complexity index is 425. The summed E-state index contributed by atoms with van der Waals surface area (Å²) in [6, 6.07) is -1.32. The van der Waals surface area contributed by atoms with Crippen molar-refractivity contribution in [3.05, 3.63) is 0 Å². The second-order valence-electron chi connectivity index (χ2n) is 4.17. The molecular formula is C14H22N2O5. The van der Waals surface area contributed by atoms with Crippen molar-refractivity contribution in [2.45, 2.75) is 38.8 Å². The Balaban J connectivity index is 4.55. The molecule has 7 nitrogen and oxygen atoms in total. The molecule has 1 amide bonds. The smallest absolute Gasteiger partial charge is 0.329 e. The summed E-state index contributed by atoms with van der Waals surface area (Å²) in [5.74, 6) is 4.27. The first-order valence-corrected chi connectivity index (χ1v) is 6.58. The van der Waals surface area contributed by atoms with E-state index in [2.05, 4.69) is 31.9 Å². The highest BCUT2D eigenvalue weighted by Gasteiger charge is 2.19. The van der Waals surface area contributed by atoms with Gasteiger partial charge in [0.25, 0.3) is 0 Å². The summed E-state index contributed by atoms with van der Waals surface area (Å²) in [6.07, 6.45) is 0.376. The summed E-state index contributed by atoms with van der Waals surface area (Å²) in [4.78, 5) is 33.9. The van der Waals surface area contributed by atoms with Gasteiger partial charge in [-0.15, -0.1) is 11.8 Å². The number of hydrogen-bond acceptors (Lipinski definition) is 6. The predicted molar refractivity (Wildman–Crippen MR) is 76.1 cm³/mol. The lowest BCUT2D eigenvalue weighted by atomic mass is 10.1. The van der Waals surface area contributed by atoms with E-state index in [0.717, 1.165) is 0 Å². The van der Waals surface area contributed by atoms with Crippen molar-refractivity contribution in [2.75, 3.05) is 20.8 Å². The van der Waals surface area contributed by atoms with E-state index in [1.807, 2.05) is 6.92 Å². The molecule has 0 aromatic carbocycles. The number of amides is 1. The molecule has 7 heteroatoms. The van der Waals surface area contributed by atoms with E-state index in [1.165, 1.54) is 21.1 Å². The molecule has 0 radical (unpaired) electrons. The highest BCUT2D eigenvalue weighted by atomic mass is 16.5. The lowest BCUT2D eigenvalue weighted by Gasteiger charge is -2.13. The van der Waals surface area contributed by atoms with Gasteiger partial charge in [-0.3, -0.25) is 9.59 Å². The average Bonchev–Trinajstić information content (AvgIpc) is 2.46. The molecule has 0 aliphatic rings. The minimum Gasteiger partial charge on any atom is -0.468 e. The maximum Gasteiger partial charge on any atom is 0.329 e. The van der Waals surface area contributed by atoms with Gasteiger partial charge < -0.3 is 20.1 Å². The van der Waals surface area contributed by atoms with E-state index in [0.29, 0.717) is 6.54 Å². The monoisotopic (exact) mass is 298 g/mol. The van der Waals surface area contributed by atoms with Gasteiger partial charge in [-0.25, -0.2) is 4.79 Å². The Morgan fingerprint density at radius 2 is 1.48 bits per heavy atom. The molecule has 0 aliphatic heterocycles. The standard InChI is InChI=1S/C14H22N2O5/c1-5-15-11(13(18)20-3)8-6-7-9-12(14(19)21-4)16-10(2)17/h11-12,15H,5,8-9H2,1-4H3,(H,16,17). The van der Waals surface area contributed by atoms with Gasteiger partial charge in [0, 0.05) is 19.8 Å². The first-order valence-electron chi connectivity index (χ1n) is 6.58. The zero-order chi connectivity index (χ0) is 16.3. The Morgan fingerprint density at radius 1 is 1.00 bits per heavy atom. The third-order valence-corrected chi connectivity index (χ3v) is 2.54. The van der Waals surface area contributed by atoms with E-state index < -0.39 is 24.0 Å². The van der Waals surface area contributed by atoms with E-state index in [1.54, 1.807) is 0 Å². The number of carbonyl (C=O) groups excluding carboxylic acids is 3. The fourth-order valence-corrected chi connectivity index (χ4v) is 1.56. The number of hydrogen-bond donors (Lipinski definition) is 2. The van der Waals surface area contributed by atoms with Crippen molar-refractivity contribution in [1.82, 2.24) is 10.6 Å². The van der Waals surface area contributed by atoms with Gasteiger partial charge >= 0.3 is 11.9 Å². The Labute approximate surface area is 124 Å². The quantitative estimate of drug-likeness (QED) is 0.490. The molecule has 0 rings (SSSR count). The van der Waals surface area contributed by atoms with Crippen LogP contribution in [-0.4, -0.2) is 50.7 Å². The van der Waals surface area contributed by atoms with Crippen molar-refractivity contribution >= 4 is 17.8 Å². The molecule has 0 saturated heterocycles. The van der Waals surface area contributed by atoms with Crippen LogP contribution in [0.5, 0.6) is 0 Å². The number of methoxy groups -OCH3 is 2. The number of esters is 2. The Morgan fingerprint density at radius 3 is 1.90 bits per heavy atom. The summed E-state index contributed by atoms with van der Waals surface area (Å²) < 4.78 is 9.23. The SMILES string of the molecule is CCNC(CC#CCC(NC(C)=O)C(=O)OC)C(=O)OC. The molecule has 118 valence electrons. The van der Waals surface area contributed by atoms with Gasteiger partial charge in [-0.1, -0.05) is 6.92 Å². The van der Waals surface area contributed by atoms with Crippen LogP contribution in [0, 0.1) is 11.8 Å². The number of rotatable bonds is 7. The van der Waals surface area contributed by atoms with Crippen LogP contribution in [0.2, 0.25) is 0 Å². The molecule has 0 fully saturated rings. The average molecular weight is 298 g/mol. The van der Waals surface area contributed by atoms with Crippen molar-refractivity contribution in [3.8, 4) is 11.8 Å². The molecule has 2 N–H and O–H groups in total. The van der Waals surface area contributed by atoms with E-state index >= 15 is 0 Å². The van der Waals surface area contributed by atoms with E-state index in [4.69, 9.17) is 0 Å². The molecule has 21 heavy (non-hydrogen) atoms. The third kappa shape index (κ3) is 7.95. The minimum atomic E-state index is -0.810. The maximum absolute atomic E-state index is 11.4. The molecule has 2 atom stereocenters. The number of nitrogens with one attached hydrogen (secondary N) is 2. The number of carbonyl (C=O) groups is 3. The van der Waals surface area contributed by atoms with Crippen LogP contribution >= 0.6 is 0 Å². The summed E-state index contributed by atoms with van der Waals surface area (Å²) in [5, 5.41) is 5.40. The second-order valence-corrected chi connectivity index (χ2v) is 4.17. The molecule has 0 aliphatic carbocycles. The fourth-order valence-electron chi connectivity index (χ4n) is 1.56. The zero-order valence-corrected chi connectivity index (χ0v) is 12.8. The minimum absolute atomic E-state index is 0.117. The van der Waals surface area contributed by atoms with Crippen LogP contribution in [0.1, 0.15) is 26.7 Å². The fraction of sp³-hybridized carbons (Fsp3) is 0.643. The van der Waals surface area contributed by atoms with Crippen molar-refractivity contribution in [2.24, 2.45) is 0 Å². The predicted octanol–water partition coefficient (Wildman–Crippen LogP) is -0.401. The first-order chi connectivity index (χ1) is 9.96. The molecule has 0 bridgehead atoms. The van der Waals surface area contributed by atoms with Crippen LogP contribution in [-0.2, 0) is 23.9 Å². The number of ether oxygens (including phenoxy) is 2. The van der Waals surface area contributed by atoms with E-state index in [-0.39, 0.29) is 18.7 Å². The van der Waals surface area contributed by atoms with Crippen LogP contribution in [0.25, 0.3) is 0 Å². The first kappa shape index (κ1) is 18.9. The molecule has 0 spiro atoms. The van der Waals surface area contributed by atoms with Crippen molar-refractivity contribution < 1.29 is 23.9 Å². The molecule has 0 saturated carbocycles. The zero-order valence-electron chi connectivity index (χ0n) is 12.8. The molecular weight excluding hydrogens is 276 g/mol. The van der Waals surface area contributed by atoms with Gasteiger partial charge in [0.15, 0.2) is 0 Å². The molecule has 0 aromatic rings. The normalized spacial score (nSPS) is 12.4. The summed E-state index contributed by atoms with van der Waals surface area (Å²) in [5.41, 5.74) is 0. The second kappa shape index (κ2) is 10.7. The van der Waals surface area contributed by atoms with Crippen molar-refractivity contribution in [3.63, 3.8) is 0 Å². The maximum atomic E-state index is 11.4. The lowest BCUT2D eigenvalue weighted by Crippen LogP contribution is -2.40. The van der Waals surface area contributed by atoms with Crippen molar-refractivity contribution in [1.29, 1.82) is 0 Å². The summed E-state index contributed by atoms with van der Waals surface area (Å²) in [7, 11) is 2.55. The van der Waals surface area contributed by atoms with E-state index in [9.17, 15) is 14.4 Å². The third-order valence-electron chi connectivity index (χ3n) is 2.54. The van der Waals surface area contributed by atoms with Crippen LogP contribution in [0.15, 0.2) is 0 Å². The van der Waals surface area contributed by atoms with Gasteiger partial charge in [0.1, 0.15) is 12.1 Å². The van der Waals surface area contributed by atoms with Crippen LogP contribution < -0.4 is 10.6 Å². The van der Waals surface area contributed by atoms with Crippen LogP contribution in [0.4, 0.5) is 0 Å². The highest BCUT2D eigenvalue weighted by molar-refractivity contribution is 5.83. The Kier molecular flexibility index (Phi) is 9.63. The van der Waals surface area contributed by atoms with Gasteiger partial charge in [0.05, 0.1) is 14.2 Å². The summed E-state index contributed by atoms with van der Waals surface area (Å²) in [6.45, 7) is 3.79. The summed E-state index contributed by atoms with van der Waals surface area (Å²) >= 11 is 0. The lowest BCUT2D eigenvalue weighted by molar-refractivity contribution is -0.144.